The van der Waals surface area contributed by atoms with E-state index < -0.39 is 0 Å². The van der Waals surface area contributed by atoms with E-state index >= 15 is 0 Å². The van der Waals surface area contributed by atoms with Gasteiger partial charge in [-0.2, -0.15) is 0 Å². The van der Waals surface area contributed by atoms with Crippen molar-refractivity contribution >= 4 is 0 Å². The summed E-state index contributed by atoms with van der Waals surface area (Å²) >= 11 is 0. The van der Waals surface area contributed by atoms with Gasteiger partial charge in [0, 0.05) is 32.2 Å². The minimum absolute atomic E-state index is 0.857. The lowest BCUT2D eigenvalue weighted by Gasteiger charge is -2.57. The molecule has 3 fully saturated rings. The van der Waals surface area contributed by atoms with Gasteiger partial charge in [0.05, 0.1) is 0 Å². The van der Waals surface area contributed by atoms with Crippen molar-refractivity contribution < 1.29 is 0 Å². The van der Waals surface area contributed by atoms with Crippen molar-refractivity contribution in [3.05, 3.63) is 0 Å². The third kappa shape index (κ3) is 1.31. The minimum Gasteiger partial charge on any atom is -0.314 e. The highest BCUT2D eigenvalue weighted by atomic mass is 15.2. The summed E-state index contributed by atoms with van der Waals surface area (Å²) in [5, 5.41) is 3.42. The number of hydrogen-bond donors (Lipinski definition) is 1. The molecule has 2 saturated carbocycles. The molecular formula is C11H20N2. The predicted molar refractivity (Wildman–Crippen MR) is 53.7 cm³/mol. The van der Waals surface area contributed by atoms with E-state index in [1.165, 1.54) is 58.3 Å². The molecule has 3 rings (SSSR count). The van der Waals surface area contributed by atoms with Gasteiger partial charge in [-0.25, -0.2) is 0 Å². The molecule has 0 aromatic heterocycles. The number of piperazine rings is 1. The van der Waals surface area contributed by atoms with E-state index in [2.05, 4.69) is 10.2 Å². The minimum atomic E-state index is 0.857. The monoisotopic (exact) mass is 180 g/mol. The van der Waals surface area contributed by atoms with Crippen molar-refractivity contribution in [2.45, 2.75) is 38.1 Å². The van der Waals surface area contributed by atoms with E-state index in [0.717, 1.165) is 11.5 Å². The van der Waals surface area contributed by atoms with Crippen molar-refractivity contribution in [2.24, 2.45) is 5.41 Å². The summed E-state index contributed by atoms with van der Waals surface area (Å²) in [4.78, 5) is 2.71. The average molecular weight is 180 g/mol. The standard InChI is InChI=1S/C11H20N2/c1-2-11(3-1)8-10(9-11)13-6-4-12-5-7-13/h10,12H,1-9H2. The second kappa shape index (κ2) is 2.96. The zero-order valence-corrected chi connectivity index (χ0v) is 8.39. The van der Waals surface area contributed by atoms with Gasteiger partial charge in [-0.15, -0.1) is 0 Å². The molecule has 3 aliphatic rings. The molecule has 1 N–H and O–H groups in total. The Bertz CT molecular complexity index is 184. The van der Waals surface area contributed by atoms with Crippen LogP contribution in [0.2, 0.25) is 0 Å². The summed E-state index contributed by atoms with van der Waals surface area (Å²) in [5.74, 6) is 0. The molecule has 74 valence electrons. The molecule has 1 spiro atoms. The quantitative estimate of drug-likeness (QED) is 0.653. The Kier molecular flexibility index (Phi) is 1.88. The molecule has 0 amide bonds. The number of nitrogens with one attached hydrogen (secondary N) is 1. The summed E-state index contributed by atoms with van der Waals surface area (Å²) in [7, 11) is 0. The van der Waals surface area contributed by atoms with Crippen molar-refractivity contribution in [3.63, 3.8) is 0 Å². The first kappa shape index (κ1) is 8.25. The molecular weight excluding hydrogens is 160 g/mol. The van der Waals surface area contributed by atoms with Crippen LogP contribution >= 0.6 is 0 Å². The zero-order chi connectivity index (χ0) is 8.73. The van der Waals surface area contributed by atoms with Crippen LogP contribution in [0, 0.1) is 5.41 Å². The van der Waals surface area contributed by atoms with Crippen molar-refractivity contribution in [3.8, 4) is 0 Å². The smallest absolute Gasteiger partial charge is 0.0110 e. The van der Waals surface area contributed by atoms with Gasteiger partial charge in [0.1, 0.15) is 0 Å². The molecule has 2 heteroatoms. The highest BCUT2D eigenvalue weighted by Crippen LogP contribution is 2.57. The van der Waals surface area contributed by atoms with Gasteiger partial charge >= 0.3 is 0 Å². The van der Waals surface area contributed by atoms with E-state index in [9.17, 15) is 0 Å². The zero-order valence-electron chi connectivity index (χ0n) is 8.39. The lowest BCUT2D eigenvalue weighted by Crippen LogP contribution is -2.58. The first-order chi connectivity index (χ1) is 6.38. The van der Waals surface area contributed by atoms with Crippen LogP contribution < -0.4 is 5.32 Å². The van der Waals surface area contributed by atoms with E-state index in [-0.39, 0.29) is 0 Å². The van der Waals surface area contributed by atoms with Crippen molar-refractivity contribution in [1.29, 1.82) is 0 Å². The SMILES string of the molecule is C1CC2(C1)CC(N1CCNCC1)C2. The second-order valence-corrected chi connectivity index (χ2v) is 5.20. The molecule has 2 nitrogen and oxygen atoms in total. The number of hydrogen-bond acceptors (Lipinski definition) is 2. The molecule has 0 radical (unpaired) electrons. The van der Waals surface area contributed by atoms with Gasteiger partial charge in [0.15, 0.2) is 0 Å². The average Bonchev–Trinajstić information content (AvgIpc) is 2.01. The summed E-state index contributed by atoms with van der Waals surface area (Å²) in [6, 6.07) is 0.961. The summed E-state index contributed by atoms with van der Waals surface area (Å²) in [5.41, 5.74) is 0.857. The maximum absolute atomic E-state index is 3.42. The van der Waals surface area contributed by atoms with Gasteiger partial charge in [0.2, 0.25) is 0 Å². The Labute approximate surface area is 80.7 Å². The van der Waals surface area contributed by atoms with Gasteiger partial charge in [-0.05, 0) is 31.1 Å². The molecule has 0 unspecified atom stereocenters. The van der Waals surface area contributed by atoms with Gasteiger partial charge in [-0.3, -0.25) is 4.90 Å². The number of nitrogens with zero attached hydrogens (tertiary/aromatic N) is 1. The molecule has 1 heterocycles. The molecule has 0 atom stereocenters. The maximum atomic E-state index is 3.42. The van der Waals surface area contributed by atoms with Crippen molar-refractivity contribution in [2.75, 3.05) is 26.2 Å². The Morgan fingerprint density at radius 3 is 2.31 bits per heavy atom. The van der Waals surface area contributed by atoms with E-state index in [1.54, 1.807) is 0 Å². The van der Waals surface area contributed by atoms with Gasteiger partial charge in [-0.1, -0.05) is 6.42 Å². The van der Waals surface area contributed by atoms with Crippen LogP contribution in [0.3, 0.4) is 0 Å². The van der Waals surface area contributed by atoms with Crippen LogP contribution in [0.25, 0.3) is 0 Å². The molecule has 1 aliphatic heterocycles. The second-order valence-electron chi connectivity index (χ2n) is 5.20. The summed E-state index contributed by atoms with van der Waals surface area (Å²) in [6.07, 6.45) is 7.62. The van der Waals surface area contributed by atoms with E-state index in [4.69, 9.17) is 0 Å². The third-order valence-corrected chi connectivity index (χ3v) is 4.42. The topological polar surface area (TPSA) is 15.3 Å². The Morgan fingerprint density at radius 1 is 1.08 bits per heavy atom. The molecule has 0 aromatic rings. The van der Waals surface area contributed by atoms with Crippen LogP contribution in [-0.2, 0) is 0 Å². The van der Waals surface area contributed by atoms with Crippen molar-refractivity contribution in [1.82, 2.24) is 10.2 Å². The van der Waals surface area contributed by atoms with Crippen LogP contribution in [0.1, 0.15) is 32.1 Å². The fourth-order valence-corrected chi connectivity index (χ4v) is 3.33. The molecule has 0 aromatic carbocycles. The lowest BCUT2D eigenvalue weighted by atomic mass is 9.54. The fraction of sp³-hybridized carbons (Fsp3) is 1.00. The molecule has 13 heavy (non-hydrogen) atoms. The van der Waals surface area contributed by atoms with Gasteiger partial charge < -0.3 is 5.32 Å². The number of rotatable bonds is 1. The van der Waals surface area contributed by atoms with Crippen LogP contribution in [0.5, 0.6) is 0 Å². The van der Waals surface area contributed by atoms with Crippen LogP contribution in [-0.4, -0.2) is 37.1 Å². The predicted octanol–water partition coefficient (Wildman–Crippen LogP) is 1.22. The third-order valence-electron chi connectivity index (χ3n) is 4.42. The van der Waals surface area contributed by atoms with Crippen LogP contribution in [0.4, 0.5) is 0 Å². The highest BCUT2D eigenvalue weighted by Gasteiger charge is 2.49. The molecule has 1 saturated heterocycles. The maximum Gasteiger partial charge on any atom is 0.0110 e. The normalized spacial score (nSPS) is 34.2. The molecule has 0 bridgehead atoms. The Balaban J connectivity index is 1.51. The summed E-state index contributed by atoms with van der Waals surface area (Å²) in [6.45, 7) is 5.01. The first-order valence-electron chi connectivity index (χ1n) is 5.83. The highest BCUT2D eigenvalue weighted by molar-refractivity contribution is 5.03. The molecule has 2 aliphatic carbocycles. The first-order valence-corrected chi connectivity index (χ1v) is 5.83. The van der Waals surface area contributed by atoms with E-state index in [1.807, 2.05) is 0 Å². The largest absolute Gasteiger partial charge is 0.314 e. The summed E-state index contributed by atoms with van der Waals surface area (Å²) < 4.78 is 0. The lowest BCUT2D eigenvalue weighted by molar-refractivity contribution is -0.0577. The Hall–Kier alpha value is -0.0800. The van der Waals surface area contributed by atoms with Crippen LogP contribution in [0.15, 0.2) is 0 Å². The fourth-order valence-electron chi connectivity index (χ4n) is 3.33. The van der Waals surface area contributed by atoms with E-state index in [0.29, 0.717) is 0 Å². The van der Waals surface area contributed by atoms with Gasteiger partial charge in [0.25, 0.3) is 0 Å². The Morgan fingerprint density at radius 2 is 1.77 bits per heavy atom.